The van der Waals surface area contributed by atoms with Crippen LogP contribution >= 0.6 is 19.9 Å². The number of carbonyl (C=O) groups is 6. The fourth-order valence-corrected chi connectivity index (χ4v) is 9.65. The molecule has 19 heteroatoms. The Labute approximate surface area is 407 Å². The van der Waals surface area contributed by atoms with Crippen molar-refractivity contribution in [2.45, 2.75) is 50.9 Å². The van der Waals surface area contributed by atoms with Crippen LogP contribution in [0.15, 0.2) is 103 Å². The molecule has 17 nitrogen and oxygen atoms in total. The fraction of sp³-hybridized carbons (Fsp3) is 0.255. The summed E-state index contributed by atoms with van der Waals surface area (Å²) in [6.45, 7) is -1.20. The third kappa shape index (κ3) is 11.1. The van der Waals surface area contributed by atoms with Gasteiger partial charge in [0.1, 0.15) is 11.5 Å². The summed E-state index contributed by atoms with van der Waals surface area (Å²) in [6, 6.07) is 22.8. The molecule has 0 saturated carbocycles. The largest absolute Gasteiger partial charge is 0.441 e. The molecule has 1 unspecified atom stereocenters. The predicted octanol–water partition coefficient (Wildman–Crippen LogP) is 6.32. The molecule has 3 aliphatic heterocycles. The Morgan fingerprint density at radius 2 is 1.46 bits per heavy atom. The van der Waals surface area contributed by atoms with Gasteiger partial charge in [0.15, 0.2) is 0 Å². The van der Waals surface area contributed by atoms with Gasteiger partial charge in [-0.2, -0.15) is 0 Å². The maximum absolute atomic E-state index is 14.0. The molecule has 0 aromatic heterocycles. The van der Waals surface area contributed by atoms with Crippen LogP contribution in [0.25, 0.3) is 33.7 Å². The van der Waals surface area contributed by atoms with Gasteiger partial charge in [-0.15, -0.1) is 11.6 Å². The van der Waals surface area contributed by atoms with Crippen molar-refractivity contribution in [1.82, 2.24) is 10.2 Å². The van der Waals surface area contributed by atoms with Crippen molar-refractivity contribution in [2.24, 2.45) is 0 Å². The standard InChI is InChI=1S/C51H49ClN5O12P/c52-29-33-30-57(41-28-42(68-51(64)65)37-10-5-6-11-38(37)50(33)41)49(63)17-14-31-13-15-32(16-18-46(60)55-25-22-35-34-8-3-4-9-36(34)43(27-40(35)55)69-70(66)67)39(26-31)54-45(59)21-23-53-44(58)12-2-1-7-24-56-47(61)19-20-48(56)62/h3-6,8-11,13-20,26-28,33,51,64-65,70H,1-2,7,12,21-25,29-30H2,(H,53,58)(H,54,59)(H,66,67)/b17-14+,18-16+/t33-/m1/s1. The van der Waals surface area contributed by atoms with Gasteiger partial charge in [0.05, 0.1) is 11.4 Å². The maximum atomic E-state index is 14.0. The van der Waals surface area contributed by atoms with Gasteiger partial charge >= 0.3 is 14.7 Å². The first kappa shape index (κ1) is 49.3. The average molecular weight is 990 g/mol. The number of halogens is 1. The number of carbonyl (C=O) groups excluding carboxylic acids is 6. The van der Waals surface area contributed by atoms with E-state index in [1.165, 1.54) is 29.2 Å². The van der Waals surface area contributed by atoms with Gasteiger partial charge in [0, 0.05) is 104 Å². The van der Waals surface area contributed by atoms with Gasteiger partial charge in [-0.3, -0.25) is 33.7 Å². The van der Waals surface area contributed by atoms with Gasteiger partial charge in [-0.05, 0) is 70.5 Å². The number of hydrogen-bond donors (Lipinski definition) is 5. The number of nitrogens with one attached hydrogen (secondary N) is 2. The second kappa shape index (κ2) is 22.1. The van der Waals surface area contributed by atoms with Gasteiger partial charge in [-0.1, -0.05) is 67.1 Å². The maximum Gasteiger partial charge on any atom is 0.365 e. The SMILES string of the molecule is O=C(CCCCCN1C(=O)C=CC1=O)NCCC(=O)Nc1cc(/C=C/C(=O)N2C[C@@H](CCl)c3c2cc(OC(O)O)c2ccccc32)ccc1/C=C/C(=O)N1CCc2c1cc(O[PH](=O)O)c1ccccc21. The monoisotopic (exact) mass is 989 g/mol. The number of unbranched alkanes of at least 4 members (excludes halogenated alkanes) is 2. The number of aliphatic hydroxyl groups is 2. The Bertz CT molecular complexity index is 3010. The summed E-state index contributed by atoms with van der Waals surface area (Å²) in [4.78, 5) is 91.2. The van der Waals surface area contributed by atoms with Crippen LogP contribution in [0, 0.1) is 0 Å². The highest BCUT2D eigenvalue weighted by molar-refractivity contribution is 7.32. The van der Waals surface area contributed by atoms with E-state index < -0.39 is 32.5 Å². The van der Waals surface area contributed by atoms with Crippen LogP contribution in [-0.4, -0.2) is 94.0 Å². The minimum Gasteiger partial charge on any atom is -0.441 e. The zero-order chi connectivity index (χ0) is 49.5. The first-order valence-electron chi connectivity index (χ1n) is 22.6. The summed E-state index contributed by atoms with van der Waals surface area (Å²) < 4.78 is 22.4. The van der Waals surface area contributed by atoms with Gasteiger partial charge in [0.2, 0.25) is 11.8 Å². The Balaban J connectivity index is 0.986. The first-order valence-corrected chi connectivity index (χ1v) is 24.4. The van der Waals surface area contributed by atoms with Crippen molar-refractivity contribution >= 4 is 106 Å². The van der Waals surface area contributed by atoms with E-state index in [9.17, 15) is 48.4 Å². The highest BCUT2D eigenvalue weighted by Crippen LogP contribution is 2.46. The van der Waals surface area contributed by atoms with Crippen molar-refractivity contribution in [1.29, 1.82) is 0 Å². The summed E-state index contributed by atoms with van der Waals surface area (Å²) in [7, 11) is -3.35. The number of anilines is 3. The minimum atomic E-state index is -3.35. The van der Waals surface area contributed by atoms with Gasteiger partial charge in [0.25, 0.3) is 23.6 Å². The lowest BCUT2D eigenvalue weighted by Gasteiger charge is -2.18. The van der Waals surface area contributed by atoms with E-state index in [1.807, 2.05) is 24.3 Å². The molecule has 362 valence electrons. The summed E-state index contributed by atoms with van der Waals surface area (Å²) in [6.07, 6.45) is 10.6. The van der Waals surface area contributed by atoms with Crippen molar-refractivity contribution in [3.8, 4) is 11.5 Å². The molecule has 6 amide bonds. The van der Waals surface area contributed by atoms with Crippen molar-refractivity contribution in [2.75, 3.05) is 47.2 Å². The Morgan fingerprint density at radius 3 is 2.17 bits per heavy atom. The molecule has 0 spiro atoms. The van der Waals surface area contributed by atoms with Crippen LogP contribution in [0.3, 0.4) is 0 Å². The summed E-state index contributed by atoms with van der Waals surface area (Å²) >= 11 is 6.43. The molecule has 3 heterocycles. The lowest BCUT2D eigenvalue weighted by molar-refractivity contribution is -0.178. The molecule has 5 aromatic rings. The third-order valence-corrected chi connectivity index (χ3v) is 13.0. The lowest BCUT2D eigenvalue weighted by atomic mass is 9.95. The molecule has 0 aliphatic carbocycles. The summed E-state index contributed by atoms with van der Waals surface area (Å²) in [5.41, 5.74) is 4.04. The van der Waals surface area contributed by atoms with Crippen molar-refractivity contribution in [3.63, 3.8) is 0 Å². The number of alkyl halides is 1. The van der Waals surface area contributed by atoms with Crippen LogP contribution in [0.5, 0.6) is 11.5 Å². The van der Waals surface area contributed by atoms with E-state index in [2.05, 4.69) is 10.6 Å². The Morgan fingerprint density at radius 1 is 0.786 bits per heavy atom. The zero-order valence-electron chi connectivity index (χ0n) is 37.6. The van der Waals surface area contributed by atoms with Gasteiger partial charge in [-0.25, -0.2) is 4.57 Å². The predicted molar refractivity (Wildman–Crippen MR) is 266 cm³/mol. The lowest BCUT2D eigenvalue weighted by Crippen LogP contribution is -2.31. The van der Waals surface area contributed by atoms with Crippen LogP contribution in [0.1, 0.15) is 60.3 Å². The second-order valence-corrected chi connectivity index (χ2v) is 17.8. The molecule has 0 fully saturated rings. The zero-order valence-corrected chi connectivity index (χ0v) is 39.4. The van der Waals surface area contributed by atoms with E-state index in [0.717, 1.165) is 26.8 Å². The van der Waals surface area contributed by atoms with E-state index in [4.69, 9.17) is 20.9 Å². The first-order chi connectivity index (χ1) is 33.8. The molecule has 8 rings (SSSR count). The number of aliphatic hydroxyl groups excluding tert-OH is 1. The Kier molecular flexibility index (Phi) is 15.5. The van der Waals surface area contributed by atoms with E-state index in [-0.39, 0.29) is 73.5 Å². The fourth-order valence-electron chi connectivity index (χ4n) is 9.04. The molecule has 5 aromatic carbocycles. The number of ether oxygens (including phenoxy) is 1. The molecule has 5 N–H and O–H groups in total. The van der Waals surface area contributed by atoms with Gasteiger partial charge < -0.3 is 44.8 Å². The minimum absolute atomic E-state index is 0.0325. The topological polar surface area (TPSA) is 232 Å². The quantitative estimate of drug-likeness (QED) is 0.0153. The third-order valence-electron chi connectivity index (χ3n) is 12.3. The number of rotatable bonds is 19. The number of amides is 6. The smallest absolute Gasteiger partial charge is 0.365 e. The highest BCUT2D eigenvalue weighted by Gasteiger charge is 2.34. The van der Waals surface area contributed by atoms with E-state index >= 15 is 0 Å². The molecule has 70 heavy (non-hydrogen) atoms. The second-order valence-electron chi connectivity index (χ2n) is 16.8. The number of hydrogen-bond acceptors (Lipinski definition) is 11. The molecular formula is C51H49ClN5O12P. The van der Waals surface area contributed by atoms with Crippen molar-refractivity contribution < 1.29 is 57.7 Å². The number of fused-ring (bicyclic) bond motifs is 6. The summed E-state index contributed by atoms with van der Waals surface area (Å²) in [5, 5.41) is 27.8. The van der Waals surface area contributed by atoms with E-state index in [0.29, 0.717) is 71.2 Å². The molecule has 0 bridgehead atoms. The molecule has 0 saturated heterocycles. The van der Waals surface area contributed by atoms with Crippen LogP contribution < -0.4 is 29.7 Å². The van der Waals surface area contributed by atoms with Crippen LogP contribution in [0.4, 0.5) is 17.1 Å². The van der Waals surface area contributed by atoms with Crippen molar-refractivity contribution in [3.05, 3.63) is 125 Å². The Hall–Kier alpha value is -7.14. The molecule has 0 radical (unpaired) electrons. The number of benzene rings is 5. The number of imide groups is 1. The number of nitrogens with zero attached hydrogens (tertiary/aromatic N) is 3. The van der Waals surface area contributed by atoms with E-state index in [1.54, 1.807) is 71.6 Å². The van der Waals surface area contributed by atoms with Crippen LogP contribution in [-0.2, 0) is 39.8 Å². The molecule has 3 aliphatic rings. The van der Waals surface area contributed by atoms with Crippen LogP contribution in [0.2, 0.25) is 0 Å². The molecular weight excluding hydrogens is 941 g/mol. The normalized spacial score (nSPS) is 15.7. The highest BCUT2D eigenvalue weighted by atomic mass is 35.5. The molecule has 2 atom stereocenters. The summed E-state index contributed by atoms with van der Waals surface area (Å²) in [5.74, 6) is -1.86. The average Bonchev–Trinajstić information content (AvgIpc) is 4.04.